The molecule has 142 valence electrons. The molecule has 6 heteroatoms. The number of ketones is 1. The molecule has 3 aromatic carbocycles. The molecule has 0 radical (unpaired) electrons. The number of carbonyl (C=O) groups excluding carboxylic acids is 2. The monoisotopic (exact) mass is 382 g/mol. The van der Waals surface area contributed by atoms with Crippen molar-refractivity contribution in [2.75, 3.05) is 13.7 Å². The van der Waals surface area contributed by atoms with E-state index in [1.165, 1.54) is 6.08 Å². The molecular weight excluding hydrogens is 366 g/mol. The van der Waals surface area contributed by atoms with Gasteiger partial charge in [0.1, 0.15) is 17.4 Å². The van der Waals surface area contributed by atoms with E-state index in [0.717, 1.165) is 34.2 Å². The second-order valence-electron chi connectivity index (χ2n) is 5.96. The molecule has 3 aromatic rings. The van der Waals surface area contributed by atoms with Crippen molar-refractivity contribution in [1.82, 2.24) is 0 Å². The summed E-state index contributed by atoms with van der Waals surface area (Å²) in [5.41, 5.74) is 0.439. The molecule has 0 aliphatic carbocycles. The zero-order valence-corrected chi connectivity index (χ0v) is 14.9. The average molecular weight is 382 g/mol. The maximum atomic E-state index is 13.5. The highest BCUT2D eigenvalue weighted by Crippen LogP contribution is 2.22. The van der Waals surface area contributed by atoms with E-state index in [0.29, 0.717) is 6.07 Å². The van der Waals surface area contributed by atoms with Crippen LogP contribution in [-0.4, -0.2) is 25.5 Å². The van der Waals surface area contributed by atoms with E-state index in [2.05, 4.69) is 0 Å². The van der Waals surface area contributed by atoms with Crippen LogP contribution in [0.1, 0.15) is 15.9 Å². The number of methoxy groups -OCH3 is 1. The lowest BCUT2D eigenvalue weighted by Crippen LogP contribution is -2.14. The lowest BCUT2D eigenvalue weighted by molar-refractivity contribution is -0.136. The van der Waals surface area contributed by atoms with E-state index in [1.807, 2.05) is 36.4 Å². The number of carbonyl (C=O) groups is 2. The summed E-state index contributed by atoms with van der Waals surface area (Å²) in [5.74, 6) is -2.53. The minimum Gasteiger partial charge on any atom is -0.497 e. The van der Waals surface area contributed by atoms with Crippen LogP contribution in [0.2, 0.25) is 0 Å². The number of benzene rings is 3. The predicted molar refractivity (Wildman–Crippen MR) is 101 cm³/mol. The zero-order chi connectivity index (χ0) is 20.1. The highest BCUT2D eigenvalue weighted by Gasteiger charge is 2.14. The molecule has 4 nitrogen and oxygen atoms in total. The maximum absolute atomic E-state index is 13.5. The summed E-state index contributed by atoms with van der Waals surface area (Å²) in [7, 11) is 1.60. The molecule has 3 rings (SSSR count). The molecule has 0 aromatic heterocycles. The van der Waals surface area contributed by atoms with Crippen LogP contribution in [0.15, 0.2) is 60.7 Å². The van der Waals surface area contributed by atoms with Gasteiger partial charge in [0.25, 0.3) is 0 Å². The van der Waals surface area contributed by atoms with E-state index in [-0.39, 0.29) is 5.56 Å². The molecule has 0 saturated heterocycles. The van der Waals surface area contributed by atoms with Gasteiger partial charge in [-0.1, -0.05) is 18.2 Å². The third kappa shape index (κ3) is 4.59. The summed E-state index contributed by atoms with van der Waals surface area (Å²) in [6.45, 7) is -0.636. The van der Waals surface area contributed by atoms with Crippen molar-refractivity contribution < 1.29 is 27.8 Å². The molecule has 0 amide bonds. The number of fused-ring (bicyclic) bond motifs is 1. The van der Waals surface area contributed by atoms with Gasteiger partial charge in [0.2, 0.25) is 5.78 Å². The Balaban J connectivity index is 1.61. The van der Waals surface area contributed by atoms with Gasteiger partial charge >= 0.3 is 5.97 Å². The molecule has 0 saturated carbocycles. The summed E-state index contributed by atoms with van der Waals surface area (Å²) in [6.07, 6.45) is 2.73. The fraction of sp³-hybridized carbons (Fsp3) is 0.0909. The Hall–Kier alpha value is -3.54. The number of Topliss-reactive ketones (excluding diaryl/α,β-unsaturated/α-hetero) is 1. The first kappa shape index (κ1) is 19.2. The van der Waals surface area contributed by atoms with Crippen molar-refractivity contribution in [3.63, 3.8) is 0 Å². The second kappa shape index (κ2) is 8.43. The van der Waals surface area contributed by atoms with Crippen LogP contribution in [-0.2, 0) is 9.53 Å². The molecule has 0 aliphatic heterocycles. The van der Waals surface area contributed by atoms with Gasteiger partial charge in [0.05, 0.1) is 12.7 Å². The largest absolute Gasteiger partial charge is 0.497 e. The van der Waals surface area contributed by atoms with Gasteiger partial charge in [-0.2, -0.15) is 0 Å². The van der Waals surface area contributed by atoms with E-state index in [1.54, 1.807) is 13.2 Å². The Morgan fingerprint density at radius 3 is 2.46 bits per heavy atom. The normalized spacial score (nSPS) is 11.0. The van der Waals surface area contributed by atoms with Gasteiger partial charge in [0.15, 0.2) is 6.61 Å². The Labute approximate surface area is 160 Å². The quantitative estimate of drug-likeness (QED) is 0.356. The predicted octanol–water partition coefficient (Wildman–Crippen LogP) is 4.57. The lowest BCUT2D eigenvalue weighted by Gasteiger charge is -2.04. The Morgan fingerprint density at radius 1 is 0.964 bits per heavy atom. The minimum atomic E-state index is -0.996. The third-order valence-corrected chi connectivity index (χ3v) is 4.06. The standard InChI is InChI=1S/C22H16F2O4/c1-27-18-7-5-15-10-14(2-4-16(15)11-18)3-9-22(26)28-13-21(25)19-8-6-17(23)12-20(19)24/h2-12H,13H2,1H3/b9-3+. The number of hydrogen-bond donors (Lipinski definition) is 0. The van der Waals surface area contributed by atoms with Crippen LogP contribution in [0.3, 0.4) is 0 Å². The molecule has 0 spiro atoms. The SMILES string of the molecule is COc1ccc2cc(/C=C/C(=O)OCC(=O)c3ccc(F)cc3F)ccc2c1. The van der Waals surface area contributed by atoms with Crippen LogP contribution >= 0.6 is 0 Å². The van der Waals surface area contributed by atoms with E-state index in [4.69, 9.17) is 9.47 Å². The number of halogens is 2. The van der Waals surface area contributed by atoms with Crippen LogP contribution in [0.5, 0.6) is 5.75 Å². The first-order valence-corrected chi connectivity index (χ1v) is 8.37. The van der Waals surface area contributed by atoms with E-state index < -0.39 is 30.0 Å². The summed E-state index contributed by atoms with van der Waals surface area (Å²) in [5, 5.41) is 1.96. The van der Waals surface area contributed by atoms with Crippen LogP contribution in [0, 0.1) is 11.6 Å². The van der Waals surface area contributed by atoms with Crippen molar-refractivity contribution in [2.24, 2.45) is 0 Å². The van der Waals surface area contributed by atoms with Crippen molar-refractivity contribution in [1.29, 1.82) is 0 Å². The topological polar surface area (TPSA) is 52.6 Å². The molecule has 0 bridgehead atoms. The number of esters is 1. The molecule has 0 unspecified atom stereocenters. The van der Waals surface area contributed by atoms with Gasteiger partial charge in [0, 0.05) is 12.1 Å². The van der Waals surface area contributed by atoms with Crippen molar-refractivity contribution in [2.45, 2.75) is 0 Å². The van der Waals surface area contributed by atoms with Gasteiger partial charge < -0.3 is 9.47 Å². The van der Waals surface area contributed by atoms with Crippen LogP contribution < -0.4 is 4.74 Å². The van der Waals surface area contributed by atoms with Gasteiger partial charge in [-0.3, -0.25) is 4.79 Å². The fourth-order valence-electron chi connectivity index (χ4n) is 2.62. The van der Waals surface area contributed by atoms with E-state index in [9.17, 15) is 18.4 Å². The van der Waals surface area contributed by atoms with E-state index >= 15 is 0 Å². The van der Waals surface area contributed by atoms with Gasteiger partial charge in [-0.25, -0.2) is 13.6 Å². The third-order valence-electron chi connectivity index (χ3n) is 4.06. The Bertz CT molecular complexity index is 1070. The Morgan fingerprint density at radius 2 is 1.71 bits per heavy atom. The molecule has 0 atom stereocenters. The molecule has 0 fully saturated rings. The summed E-state index contributed by atoms with van der Waals surface area (Å²) >= 11 is 0. The number of hydrogen-bond acceptors (Lipinski definition) is 4. The van der Waals surface area contributed by atoms with Crippen molar-refractivity contribution in [3.8, 4) is 5.75 Å². The zero-order valence-electron chi connectivity index (χ0n) is 14.9. The fourth-order valence-corrected chi connectivity index (χ4v) is 2.62. The highest BCUT2D eigenvalue weighted by molar-refractivity contribution is 5.99. The van der Waals surface area contributed by atoms with Crippen LogP contribution in [0.4, 0.5) is 8.78 Å². The molecule has 0 N–H and O–H groups in total. The smallest absolute Gasteiger partial charge is 0.331 e. The first-order valence-electron chi connectivity index (χ1n) is 8.37. The molecular formula is C22H16F2O4. The summed E-state index contributed by atoms with van der Waals surface area (Å²) in [4.78, 5) is 23.7. The number of rotatable bonds is 6. The molecule has 0 heterocycles. The number of ether oxygens (including phenoxy) is 2. The average Bonchev–Trinajstić information content (AvgIpc) is 2.69. The second-order valence-corrected chi connectivity index (χ2v) is 5.96. The minimum absolute atomic E-state index is 0.330. The lowest BCUT2D eigenvalue weighted by atomic mass is 10.1. The summed E-state index contributed by atoms with van der Waals surface area (Å²) < 4.78 is 36.4. The Kier molecular flexibility index (Phi) is 5.79. The summed E-state index contributed by atoms with van der Waals surface area (Å²) in [6, 6.07) is 13.8. The first-order chi connectivity index (χ1) is 13.5. The van der Waals surface area contributed by atoms with Crippen molar-refractivity contribution in [3.05, 3.63) is 83.4 Å². The van der Waals surface area contributed by atoms with Crippen molar-refractivity contribution >= 4 is 28.6 Å². The molecule has 0 aliphatic rings. The highest BCUT2D eigenvalue weighted by atomic mass is 19.1. The van der Waals surface area contributed by atoms with Gasteiger partial charge in [-0.15, -0.1) is 0 Å². The van der Waals surface area contributed by atoms with Gasteiger partial charge in [-0.05, 0) is 52.7 Å². The maximum Gasteiger partial charge on any atom is 0.331 e. The molecule has 28 heavy (non-hydrogen) atoms. The van der Waals surface area contributed by atoms with Crippen LogP contribution in [0.25, 0.3) is 16.8 Å².